The Morgan fingerprint density at radius 3 is 2.58 bits per heavy atom. The lowest BCUT2D eigenvalue weighted by Crippen LogP contribution is -2.28. The molecule has 0 aliphatic carbocycles. The number of aromatic carboxylic acids is 1. The molecule has 0 radical (unpaired) electrons. The van der Waals surface area contributed by atoms with Gasteiger partial charge in [0.15, 0.2) is 5.69 Å². The van der Waals surface area contributed by atoms with Crippen molar-refractivity contribution in [3.63, 3.8) is 0 Å². The summed E-state index contributed by atoms with van der Waals surface area (Å²) in [5, 5.41) is 14.4. The van der Waals surface area contributed by atoms with Gasteiger partial charge in [0.2, 0.25) is 5.91 Å². The Morgan fingerprint density at radius 2 is 2.05 bits per heavy atom. The number of aromatic nitrogens is 2. The molecule has 1 rings (SSSR count). The summed E-state index contributed by atoms with van der Waals surface area (Å²) in [6.45, 7) is 5.13. The fourth-order valence-electron chi connectivity index (χ4n) is 1.24. The Hall–Kier alpha value is -2.18. The molecule has 0 atom stereocenters. The Bertz CT molecular complexity index is 431. The van der Waals surface area contributed by atoms with Crippen LogP contribution >= 0.6 is 0 Å². The van der Waals surface area contributed by atoms with Crippen LogP contribution in [0.15, 0.2) is 12.4 Å². The number of carbonyl (C=O) groups excluding carboxylic acids is 1. The van der Waals surface area contributed by atoms with E-state index in [2.05, 4.69) is 20.6 Å². The van der Waals surface area contributed by atoms with Crippen LogP contribution in [0.3, 0.4) is 0 Å². The van der Waals surface area contributed by atoms with Crippen molar-refractivity contribution in [2.24, 2.45) is 5.92 Å². The van der Waals surface area contributed by atoms with Crippen LogP contribution in [0.2, 0.25) is 0 Å². The van der Waals surface area contributed by atoms with Gasteiger partial charge in [-0.15, -0.1) is 0 Å². The molecule has 0 spiro atoms. The molecule has 1 heterocycles. The summed E-state index contributed by atoms with van der Waals surface area (Å²) in [4.78, 5) is 29.6. The van der Waals surface area contributed by atoms with Crippen LogP contribution in [0.1, 0.15) is 30.8 Å². The molecule has 1 amide bonds. The topological polar surface area (TPSA) is 104 Å². The maximum absolute atomic E-state index is 11.4. The highest BCUT2D eigenvalue weighted by atomic mass is 16.4. The van der Waals surface area contributed by atoms with E-state index in [0.717, 1.165) is 0 Å². The number of rotatable bonds is 7. The van der Waals surface area contributed by atoms with Crippen molar-refractivity contribution in [2.75, 3.05) is 18.4 Å². The predicted molar refractivity (Wildman–Crippen MR) is 69.9 cm³/mol. The standard InChI is InChI=1S/C12H18N4O3/c1-8(2)5-16-11(17)3-4-13-10-7-14-9(6-15-10)12(18)19/h6-8H,3-5H2,1-2H3,(H,13,15)(H,16,17)(H,18,19). The van der Waals surface area contributed by atoms with Gasteiger partial charge in [-0.1, -0.05) is 13.8 Å². The second-order valence-corrected chi connectivity index (χ2v) is 4.47. The number of hydrogen-bond donors (Lipinski definition) is 3. The number of amides is 1. The van der Waals surface area contributed by atoms with Crippen molar-refractivity contribution in [3.05, 3.63) is 18.1 Å². The zero-order valence-corrected chi connectivity index (χ0v) is 11.0. The average Bonchev–Trinajstić information content (AvgIpc) is 2.37. The summed E-state index contributed by atoms with van der Waals surface area (Å²) in [5.74, 6) is -0.281. The van der Waals surface area contributed by atoms with Crippen LogP contribution in [0.5, 0.6) is 0 Å². The highest BCUT2D eigenvalue weighted by molar-refractivity contribution is 5.84. The molecule has 7 heteroatoms. The summed E-state index contributed by atoms with van der Waals surface area (Å²) in [7, 11) is 0. The van der Waals surface area contributed by atoms with Crippen molar-refractivity contribution in [2.45, 2.75) is 20.3 Å². The monoisotopic (exact) mass is 266 g/mol. The van der Waals surface area contributed by atoms with Gasteiger partial charge in [0.1, 0.15) is 5.82 Å². The van der Waals surface area contributed by atoms with Gasteiger partial charge < -0.3 is 15.7 Å². The van der Waals surface area contributed by atoms with E-state index in [0.29, 0.717) is 31.2 Å². The fraction of sp³-hybridized carbons (Fsp3) is 0.500. The van der Waals surface area contributed by atoms with Gasteiger partial charge in [-0.05, 0) is 5.92 Å². The number of nitrogens with one attached hydrogen (secondary N) is 2. The number of carbonyl (C=O) groups is 2. The number of hydrogen-bond acceptors (Lipinski definition) is 5. The lowest BCUT2D eigenvalue weighted by atomic mass is 10.2. The van der Waals surface area contributed by atoms with Crippen molar-refractivity contribution in [1.82, 2.24) is 15.3 Å². The van der Waals surface area contributed by atoms with Crippen LogP contribution in [0, 0.1) is 5.92 Å². The van der Waals surface area contributed by atoms with Gasteiger partial charge in [-0.3, -0.25) is 4.79 Å². The van der Waals surface area contributed by atoms with Gasteiger partial charge >= 0.3 is 5.97 Å². The average molecular weight is 266 g/mol. The van der Waals surface area contributed by atoms with Gasteiger partial charge in [0.05, 0.1) is 12.4 Å². The van der Waals surface area contributed by atoms with E-state index in [-0.39, 0.29) is 11.6 Å². The van der Waals surface area contributed by atoms with Crippen LogP contribution in [-0.2, 0) is 4.79 Å². The number of anilines is 1. The van der Waals surface area contributed by atoms with E-state index in [4.69, 9.17) is 5.11 Å². The van der Waals surface area contributed by atoms with Crippen molar-refractivity contribution >= 4 is 17.7 Å². The number of nitrogens with zero attached hydrogens (tertiary/aromatic N) is 2. The number of carboxylic acid groups (broad SMARTS) is 1. The lowest BCUT2D eigenvalue weighted by Gasteiger charge is -2.08. The summed E-state index contributed by atoms with van der Waals surface area (Å²) >= 11 is 0. The zero-order valence-electron chi connectivity index (χ0n) is 11.0. The van der Waals surface area contributed by atoms with E-state index in [1.807, 2.05) is 13.8 Å². The molecule has 0 aliphatic rings. The molecule has 19 heavy (non-hydrogen) atoms. The predicted octanol–water partition coefficient (Wildman–Crippen LogP) is 0.749. The molecule has 0 aromatic carbocycles. The van der Waals surface area contributed by atoms with E-state index in [9.17, 15) is 9.59 Å². The van der Waals surface area contributed by atoms with Gasteiger partial charge in [-0.25, -0.2) is 14.8 Å². The zero-order chi connectivity index (χ0) is 14.3. The lowest BCUT2D eigenvalue weighted by molar-refractivity contribution is -0.120. The maximum atomic E-state index is 11.4. The Kier molecular flexibility index (Phi) is 5.72. The molecular formula is C12H18N4O3. The normalized spacial score (nSPS) is 10.3. The first kappa shape index (κ1) is 14.9. The molecule has 1 aromatic rings. The van der Waals surface area contributed by atoms with Crippen LogP contribution in [0.4, 0.5) is 5.82 Å². The van der Waals surface area contributed by atoms with Crippen LogP contribution < -0.4 is 10.6 Å². The molecule has 0 saturated heterocycles. The van der Waals surface area contributed by atoms with E-state index >= 15 is 0 Å². The second kappa shape index (κ2) is 7.30. The quantitative estimate of drug-likeness (QED) is 0.672. The third-order valence-corrected chi connectivity index (χ3v) is 2.24. The maximum Gasteiger partial charge on any atom is 0.356 e. The van der Waals surface area contributed by atoms with E-state index in [1.165, 1.54) is 12.4 Å². The largest absolute Gasteiger partial charge is 0.476 e. The van der Waals surface area contributed by atoms with Crippen LogP contribution in [0.25, 0.3) is 0 Å². The SMILES string of the molecule is CC(C)CNC(=O)CCNc1cnc(C(=O)O)cn1. The Balaban J connectivity index is 2.29. The minimum atomic E-state index is -1.12. The Labute approximate surface area is 111 Å². The van der Waals surface area contributed by atoms with Gasteiger partial charge in [0, 0.05) is 19.5 Å². The Morgan fingerprint density at radius 1 is 1.32 bits per heavy atom. The third-order valence-electron chi connectivity index (χ3n) is 2.24. The third kappa shape index (κ3) is 5.80. The molecule has 3 N–H and O–H groups in total. The molecule has 104 valence electrons. The highest BCUT2D eigenvalue weighted by Gasteiger charge is 2.05. The molecule has 0 unspecified atom stereocenters. The van der Waals surface area contributed by atoms with Crippen molar-refractivity contribution < 1.29 is 14.7 Å². The second-order valence-electron chi connectivity index (χ2n) is 4.47. The summed E-state index contributed by atoms with van der Waals surface area (Å²) in [6.07, 6.45) is 2.83. The van der Waals surface area contributed by atoms with E-state index < -0.39 is 5.97 Å². The number of carboxylic acids is 1. The highest BCUT2D eigenvalue weighted by Crippen LogP contribution is 2.01. The van der Waals surface area contributed by atoms with Gasteiger partial charge in [0.25, 0.3) is 0 Å². The summed E-state index contributed by atoms with van der Waals surface area (Å²) in [5.41, 5.74) is -0.111. The fourth-order valence-corrected chi connectivity index (χ4v) is 1.24. The summed E-state index contributed by atoms with van der Waals surface area (Å²) < 4.78 is 0. The van der Waals surface area contributed by atoms with Crippen molar-refractivity contribution in [3.8, 4) is 0 Å². The summed E-state index contributed by atoms with van der Waals surface area (Å²) in [6, 6.07) is 0. The minimum Gasteiger partial charge on any atom is -0.476 e. The molecular weight excluding hydrogens is 248 g/mol. The first-order valence-corrected chi connectivity index (χ1v) is 6.05. The molecule has 7 nitrogen and oxygen atoms in total. The van der Waals surface area contributed by atoms with Crippen LogP contribution in [-0.4, -0.2) is 40.0 Å². The smallest absolute Gasteiger partial charge is 0.356 e. The molecule has 1 aromatic heterocycles. The minimum absolute atomic E-state index is 0.0312. The van der Waals surface area contributed by atoms with E-state index in [1.54, 1.807) is 0 Å². The van der Waals surface area contributed by atoms with Gasteiger partial charge in [-0.2, -0.15) is 0 Å². The van der Waals surface area contributed by atoms with Crippen molar-refractivity contribution in [1.29, 1.82) is 0 Å². The first-order valence-electron chi connectivity index (χ1n) is 6.05. The molecule has 0 bridgehead atoms. The molecule has 0 aliphatic heterocycles. The molecule has 0 fully saturated rings. The first-order chi connectivity index (χ1) is 8.99. The molecule has 0 saturated carbocycles.